The number of esters is 1. The number of fused-ring (bicyclic) bond motifs is 2. The molecular formula is C25H38O12. The highest BCUT2D eigenvalue weighted by Gasteiger charge is 2.78. The number of carbonyl (C=O) groups excluding carboxylic acids is 1. The fraction of sp³-hybridized carbons (Fsp3) is 0.880. The molecule has 17 atom stereocenters. The molecule has 12 nitrogen and oxygen atoms in total. The standard InChI is InChI=1S/C25H38O12/c1-8-11-21(33)37-20-17(32)18-23(2,34)6-5-10(24(18,3)19(25(11,20)4)15(30)12(8)27)36-22-16(31)14(29)13(28)9(7-26)35-22/h5-6,8-20,22,26-32,34H,7H2,1-4H3/t8-,9-,10-,11-,12-,13-,14+,15?,16-,17?,18?,19?,20-,22+,23-,24+,25+/m1/s1. The predicted octanol–water partition coefficient (Wildman–Crippen LogP) is -2.98. The van der Waals surface area contributed by atoms with Crippen molar-refractivity contribution in [2.75, 3.05) is 6.61 Å². The van der Waals surface area contributed by atoms with Gasteiger partial charge >= 0.3 is 5.97 Å². The molecule has 5 rings (SSSR count). The van der Waals surface area contributed by atoms with Crippen LogP contribution >= 0.6 is 0 Å². The maximum absolute atomic E-state index is 13.0. The molecule has 2 saturated carbocycles. The second kappa shape index (κ2) is 8.65. The summed E-state index contributed by atoms with van der Waals surface area (Å²) >= 11 is 0. The van der Waals surface area contributed by atoms with Gasteiger partial charge in [0.2, 0.25) is 0 Å². The summed E-state index contributed by atoms with van der Waals surface area (Å²) in [5.41, 5.74) is -4.17. The van der Waals surface area contributed by atoms with Gasteiger partial charge < -0.3 is 55.1 Å². The van der Waals surface area contributed by atoms with Crippen LogP contribution in [0.25, 0.3) is 0 Å². The second-order valence-corrected chi connectivity index (χ2v) is 12.2. The number of hydrogen-bond donors (Lipinski definition) is 8. The third-order valence-corrected chi connectivity index (χ3v) is 10.2. The third kappa shape index (κ3) is 3.41. The lowest BCUT2D eigenvalue weighted by molar-refractivity contribution is -0.343. The molecule has 4 unspecified atom stereocenters. The van der Waals surface area contributed by atoms with Gasteiger partial charge in [0.05, 0.1) is 42.5 Å². The highest BCUT2D eigenvalue weighted by Crippen LogP contribution is 2.69. The molecule has 2 heterocycles. The summed E-state index contributed by atoms with van der Waals surface area (Å²) in [6, 6.07) is 0. The minimum Gasteiger partial charge on any atom is -0.459 e. The van der Waals surface area contributed by atoms with E-state index in [0.29, 0.717) is 0 Å². The molecule has 0 bridgehead atoms. The fourth-order valence-corrected chi connectivity index (χ4v) is 8.63. The van der Waals surface area contributed by atoms with E-state index in [1.54, 1.807) is 20.8 Å². The Morgan fingerprint density at radius 2 is 1.54 bits per heavy atom. The summed E-state index contributed by atoms with van der Waals surface area (Å²) in [5.74, 6) is -4.13. The average Bonchev–Trinajstić information content (AvgIpc) is 3.09. The molecule has 3 aliphatic carbocycles. The number of ether oxygens (including phenoxy) is 3. The summed E-state index contributed by atoms with van der Waals surface area (Å²) < 4.78 is 17.4. The van der Waals surface area contributed by atoms with Gasteiger partial charge in [0.15, 0.2) is 6.29 Å². The zero-order chi connectivity index (χ0) is 27.4. The quantitative estimate of drug-likeness (QED) is 0.136. The number of aliphatic hydroxyl groups is 8. The molecule has 5 aliphatic rings. The molecule has 37 heavy (non-hydrogen) atoms. The van der Waals surface area contributed by atoms with Crippen molar-refractivity contribution in [3.05, 3.63) is 12.2 Å². The molecule has 0 aromatic heterocycles. The largest absolute Gasteiger partial charge is 0.459 e. The Morgan fingerprint density at radius 1 is 0.892 bits per heavy atom. The van der Waals surface area contributed by atoms with Crippen molar-refractivity contribution < 1.29 is 59.9 Å². The molecule has 0 spiro atoms. The van der Waals surface area contributed by atoms with Crippen LogP contribution in [0.4, 0.5) is 0 Å². The number of carbonyl (C=O) groups is 1. The zero-order valence-corrected chi connectivity index (χ0v) is 21.2. The zero-order valence-electron chi connectivity index (χ0n) is 21.2. The second-order valence-electron chi connectivity index (χ2n) is 12.2. The SMILES string of the molecule is C[C@H]1[C@@H](O)C(O)C2[C@]3(C)C(C(O)[C@H]4OC(=O)[C@@H]1[C@@]24C)[C@](C)(O)C=C[C@H]3O[C@@H]1O[C@H](CO)[C@@H](O)[C@H](O)[C@H]1O. The summed E-state index contributed by atoms with van der Waals surface area (Å²) in [7, 11) is 0. The minimum absolute atomic E-state index is 0.601. The van der Waals surface area contributed by atoms with E-state index in [1.165, 1.54) is 19.1 Å². The van der Waals surface area contributed by atoms with Crippen LogP contribution in [-0.4, -0.2) is 120 Å². The Morgan fingerprint density at radius 3 is 2.16 bits per heavy atom. The van der Waals surface area contributed by atoms with E-state index in [1.807, 2.05) is 0 Å². The van der Waals surface area contributed by atoms with Crippen LogP contribution in [0, 0.1) is 34.5 Å². The van der Waals surface area contributed by atoms with E-state index in [0.717, 1.165) is 0 Å². The average molecular weight is 531 g/mol. The van der Waals surface area contributed by atoms with Crippen molar-refractivity contribution in [1.82, 2.24) is 0 Å². The topological polar surface area (TPSA) is 207 Å². The first kappa shape index (κ1) is 27.4. The van der Waals surface area contributed by atoms with Crippen LogP contribution in [0.2, 0.25) is 0 Å². The molecule has 2 saturated heterocycles. The van der Waals surface area contributed by atoms with E-state index >= 15 is 0 Å². The van der Waals surface area contributed by atoms with Gasteiger partial charge in [-0.25, -0.2) is 0 Å². The van der Waals surface area contributed by atoms with E-state index in [9.17, 15) is 45.6 Å². The molecule has 2 aliphatic heterocycles. The van der Waals surface area contributed by atoms with Gasteiger partial charge in [0.25, 0.3) is 0 Å². The first-order valence-electron chi connectivity index (χ1n) is 12.8. The molecular weight excluding hydrogens is 492 g/mol. The van der Waals surface area contributed by atoms with E-state index in [-0.39, 0.29) is 0 Å². The summed E-state index contributed by atoms with van der Waals surface area (Å²) in [4.78, 5) is 13.0. The highest BCUT2D eigenvalue weighted by atomic mass is 16.7. The lowest BCUT2D eigenvalue weighted by Crippen LogP contribution is -2.76. The Balaban J connectivity index is 1.62. The number of aliphatic hydroxyl groups excluding tert-OH is 7. The van der Waals surface area contributed by atoms with E-state index in [2.05, 4.69) is 0 Å². The highest BCUT2D eigenvalue weighted by molar-refractivity contribution is 5.77. The summed E-state index contributed by atoms with van der Waals surface area (Å²) in [6.45, 7) is 5.86. The molecule has 0 aromatic carbocycles. The van der Waals surface area contributed by atoms with Crippen molar-refractivity contribution in [2.45, 2.75) is 94.5 Å². The first-order valence-corrected chi connectivity index (χ1v) is 12.8. The van der Waals surface area contributed by atoms with Crippen LogP contribution in [0.15, 0.2) is 12.2 Å². The molecule has 12 heteroatoms. The molecule has 0 aromatic rings. The maximum Gasteiger partial charge on any atom is 0.310 e. The van der Waals surface area contributed by atoms with Gasteiger partial charge in [-0.1, -0.05) is 32.9 Å². The smallest absolute Gasteiger partial charge is 0.310 e. The lowest BCUT2D eigenvalue weighted by atomic mass is 9.38. The molecule has 8 N–H and O–H groups in total. The fourth-order valence-electron chi connectivity index (χ4n) is 8.63. The van der Waals surface area contributed by atoms with E-state index in [4.69, 9.17) is 14.2 Å². The predicted molar refractivity (Wildman–Crippen MR) is 122 cm³/mol. The van der Waals surface area contributed by atoms with Crippen molar-refractivity contribution in [2.24, 2.45) is 34.5 Å². The van der Waals surface area contributed by atoms with Crippen molar-refractivity contribution >= 4 is 5.97 Å². The first-order chi connectivity index (χ1) is 17.1. The van der Waals surface area contributed by atoms with Crippen LogP contribution in [0.1, 0.15) is 27.7 Å². The van der Waals surface area contributed by atoms with Crippen molar-refractivity contribution in [1.29, 1.82) is 0 Å². The normalized spacial score (nSPS) is 61.0. The Labute approximate surface area is 214 Å². The van der Waals surface area contributed by atoms with Crippen LogP contribution in [0.5, 0.6) is 0 Å². The van der Waals surface area contributed by atoms with Gasteiger partial charge in [-0.15, -0.1) is 0 Å². The summed E-state index contributed by atoms with van der Waals surface area (Å²) in [5, 5.41) is 86.2. The third-order valence-electron chi connectivity index (χ3n) is 10.2. The van der Waals surface area contributed by atoms with Crippen LogP contribution < -0.4 is 0 Å². The lowest BCUT2D eigenvalue weighted by Gasteiger charge is -2.67. The monoisotopic (exact) mass is 530 g/mol. The van der Waals surface area contributed by atoms with Gasteiger partial charge in [0, 0.05) is 22.7 Å². The minimum atomic E-state index is -1.71. The van der Waals surface area contributed by atoms with Crippen molar-refractivity contribution in [3.63, 3.8) is 0 Å². The van der Waals surface area contributed by atoms with Gasteiger partial charge in [-0.2, -0.15) is 0 Å². The van der Waals surface area contributed by atoms with Gasteiger partial charge in [-0.05, 0) is 12.8 Å². The Hall–Kier alpha value is -1.19. The Bertz CT molecular complexity index is 954. The van der Waals surface area contributed by atoms with Crippen LogP contribution in [-0.2, 0) is 19.0 Å². The van der Waals surface area contributed by atoms with Gasteiger partial charge in [-0.3, -0.25) is 4.79 Å². The number of hydrogen-bond acceptors (Lipinski definition) is 12. The Kier molecular flexibility index (Phi) is 6.40. The maximum atomic E-state index is 13.0. The summed E-state index contributed by atoms with van der Waals surface area (Å²) in [6.07, 6.45) is -11.1. The van der Waals surface area contributed by atoms with Gasteiger partial charge in [0.1, 0.15) is 30.5 Å². The molecule has 4 fully saturated rings. The van der Waals surface area contributed by atoms with Crippen molar-refractivity contribution in [3.8, 4) is 0 Å². The molecule has 0 amide bonds. The van der Waals surface area contributed by atoms with Crippen LogP contribution in [0.3, 0.4) is 0 Å². The molecule has 0 radical (unpaired) electrons. The molecule has 210 valence electrons. The van der Waals surface area contributed by atoms with E-state index < -0.39 is 114 Å². The number of rotatable bonds is 3.